The minimum Gasteiger partial charge on any atom is -0.507 e. The van der Waals surface area contributed by atoms with Crippen molar-refractivity contribution in [2.75, 3.05) is 19.1 Å². The number of furan rings is 1. The Balaban J connectivity index is 2.00. The van der Waals surface area contributed by atoms with Crippen molar-refractivity contribution in [2.45, 2.75) is 13.0 Å². The second-order valence-electron chi connectivity index (χ2n) is 7.26. The van der Waals surface area contributed by atoms with Gasteiger partial charge in [0.15, 0.2) is 0 Å². The van der Waals surface area contributed by atoms with Gasteiger partial charge in [0.2, 0.25) is 0 Å². The first kappa shape index (κ1) is 22.8. The monoisotopic (exact) mass is 487 g/mol. The van der Waals surface area contributed by atoms with Crippen LogP contribution in [0, 0.1) is 6.92 Å². The Morgan fingerprint density at radius 1 is 1.03 bits per heavy atom. The van der Waals surface area contributed by atoms with E-state index in [2.05, 4.69) is 0 Å². The van der Waals surface area contributed by atoms with Crippen LogP contribution in [0.1, 0.15) is 22.9 Å². The topological polar surface area (TPSA) is 89.2 Å². The van der Waals surface area contributed by atoms with Crippen LogP contribution in [0.2, 0.25) is 10.0 Å². The minimum atomic E-state index is -1.04. The summed E-state index contributed by atoms with van der Waals surface area (Å²) in [4.78, 5) is 27.7. The van der Waals surface area contributed by atoms with Gasteiger partial charge >= 0.3 is 0 Å². The standard InChI is InChI=1S/C24H19Cl2NO6/c1-12-14(25)6-4-7-16(12)27-21(17-8-5-9-33-17)20(23(29)24(27)30)22(28)13-10-19(32-3)15(26)11-18(13)31-2/h4-11,21,28H,1-3H3/b22-20+. The molecule has 1 aliphatic rings. The fourth-order valence-corrected chi connectivity index (χ4v) is 4.25. The maximum Gasteiger partial charge on any atom is 0.300 e. The molecule has 0 saturated carbocycles. The van der Waals surface area contributed by atoms with Crippen molar-refractivity contribution >= 4 is 46.3 Å². The predicted octanol–water partition coefficient (Wildman–Crippen LogP) is 5.54. The van der Waals surface area contributed by atoms with Gasteiger partial charge in [0.05, 0.1) is 36.6 Å². The van der Waals surface area contributed by atoms with Crippen LogP contribution < -0.4 is 14.4 Å². The van der Waals surface area contributed by atoms with Crippen LogP contribution in [-0.2, 0) is 9.59 Å². The summed E-state index contributed by atoms with van der Waals surface area (Å²) in [5, 5.41) is 12.0. The molecule has 1 atom stereocenters. The zero-order valence-electron chi connectivity index (χ0n) is 17.9. The molecule has 0 aliphatic carbocycles. The Labute approximate surface area is 199 Å². The molecule has 0 spiro atoms. The van der Waals surface area contributed by atoms with E-state index in [9.17, 15) is 14.7 Å². The van der Waals surface area contributed by atoms with E-state index < -0.39 is 23.5 Å². The summed E-state index contributed by atoms with van der Waals surface area (Å²) < 4.78 is 16.2. The summed E-state index contributed by atoms with van der Waals surface area (Å²) in [7, 11) is 2.81. The van der Waals surface area contributed by atoms with Crippen molar-refractivity contribution in [2.24, 2.45) is 0 Å². The molecular formula is C24H19Cl2NO6. The number of hydrogen-bond acceptors (Lipinski definition) is 6. The summed E-state index contributed by atoms with van der Waals surface area (Å²) in [5.74, 6) is -1.43. The molecule has 7 nitrogen and oxygen atoms in total. The van der Waals surface area contributed by atoms with Crippen LogP contribution in [0.25, 0.3) is 5.76 Å². The van der Waals surface area contributed by atoms with Crippen molar-refractivity contribution < 1.29 is 28.6 Å². The largest absolute Gasteiger partial charge is 0.507 e. The van der Waals surface area contributed by atoms with Crippen molar-refractivity contribution in [3.63, 3.8) is 0 Å². The fourth-order valence-electron chi connectivity index (χ4n) is 3.84. The van der Waals surface area contributed by atoms with E-state index >= 15 is 0 Å². The number of aliphatic hydroxyl groups is 1. The highest BCUT2D eigenvalue weighted by Crippen LogP contribution is 2.46. The number of aliphatic hydroxyl groups excluding tert-OH is 1. The van der Waals surface area contributed by atoms with Gasteiger partial charge in [-0.25, -0.2) is 0 Å². The average molecular weight is 488 g/mol. The maximum atomic E-state index is 13.2. The molecule has 33 heavy (non-hydrogen) atoms. The van der Waals surface area contributed by atoms with Gasteiger partial charge in [-0.3, -0.25) is 14.5 Å². The van der Waals surface area contributed by atoms with E-state index in [0.29, 0.717) is 16.3 Å². The highest BCUT2D eigenvalue weighted by Gasteiger charge is 2.49. The molecule has 170 valence electrons. The molecule has 1 N–H and O–H groups in total. The first-order chi connectivity index (χ1) is 15.8. The number of benzene rings is 2. The van der Waals surface area contributed by atoms with Crippen LogP contribution in [0.3, 0.4) is 0 Å². The van der Waals surface area contributed by atoms with Gasteiger partial charge in [0, 0.05) is 16.8 Å². The summed E-state index contributed by atoms with van der Waals surface area (Å²) >= 11 is 12.5. The normalized spacial score (nSPS) is 17.5. The fraction of sp³-hybridized carbons (Fsp3) is 0.167. The summed E-state index contributed by atoms with van der Waals surface area (Å²) in [5.41, 5.74) is 0.988. The number of ketones is 1. The zero-order chi connectivity index (χ0) is 23.9. The molecular weight excluding hydrogens is 469 g/mol. The number of nitrogens with zero attached hydrogens (tertiary/aromatic N) is 1. The summed E-state index contributed by atoms with van der Waals surface area (Å²) in [6.07, 6.45) is 1.42. The van der Waals surface area contributed by atoms with Gasteiger partial charge in [-0.15, -0.1) is 0 Å². The molecule has 1 unspecified atom stereocenters. The number of rotatable bonds is 5. The molecule has 1 amide bonds. The summed E-state index contributed by atoms with van der Waals surface area (Å²) in [6.45, 7) is 1.74. The molecule has 1 fully saturated rings. The Morgan fingerprint density at radius 2 is 1.76 bits per heavy atom. The third-order valence-electron chi connectivity index (χ3n) is 5.48. The quantitative estimate of drug-likeness (QED) is 0.288. The molecule has 1 saturated heterocycles. The van der Waals surface area contributed by atoms with Gasteiger partial charge in [-0.2, -0.15) is 0 Å². The lowest BCUT2D eigenvalue weighted by atomic mass is 9.98. The molecule has 2 heterocycles. The molecule has 0 radical (unpaired) electrons. The van der Waals surface area contributed by atoms with E-state index in [0.717, 1.165) is 0 Å². The number of carbonyl (C=O) groups excluding carboxylic acids is 2. The van der Waals surface area contributed by atoms with Gasteiger partial charge in [-0.05, 0) is 42.8 Å². The first-order valence-electron chi connectivity index (χ1n) is 9.81. The highest BCUT2D eigenvalue weighted by molar-refractivity contribution is 6.52. The van der Waals surface area contributed by atoms with E-state index in [-0.39, 0.29) is 33.4 Å². The lowest BCUT2D eigenvalue weighted by Crippen LogP contribution is -2.30. The molecule has 3 aromatic rings. The van der Waals surface area contributed by atoms with Gasteiger partial charge in [0.25, 0.3) is 11.7 Å². The molecule has 9 heteroatoms. The Morgan fingerprint density at radius 3 is 2.39 bits per heavy atom. The Bertz CT molecular complexity index is 1280. The number of amides is 1. The van der Waals surface area contributed by atoms with Gasteiger partial charge < -0.3 is 19.0 Å². The second kappa shape index (κ2) is 8.84. The number of anilines is 1. The third kappa shape index (κ3) is 3.73. The van der Waals surface area contributed by atoms with Crippen LogP contribution >= 0.6 is 23.2 Å². The van der Waals surface area contributed by atoms with Crippen molar-refractivity contribution in [1.82, 2.24) is 0 Å². The maximum absolute atomic E-state index is 13.2. The lowest BCUT2D eigenvalue weighted by molar-refractivity contribution is -0.132. The van der Waals surface area contributed by atoms with Crippen molar-refractivity contribution in [1.29, 1.82) is 0 Å². The lowest BCUT2D eigenvalue weighted by Gasteiger charge is -2.25. The molecule has 0 bridgehead atoms. The van der Waals surface area contributed by atoms with Crippen LogP contribution in [0.4, 0.5) is 5.69 Å². The Kier molecular flexibility index (Phi) is 6.10. The minimum absolute atomic E-state index is 0.135. The van der Waals surface area contributed by atoms with Crippen LogP contribution in [0.5, 0.6) is 11.5 Å². The predicted molar refractivity (Wildman–Crippen MR) is 124 cm³/mol. The van der Waals surface area contributed by atoms with E-state index in [1.54, 1.807) is 37.3 Å². The molecule has 1 aromatic heterocycles. The number of Topliss-reactive ketones (excluding diaryl/α,β-unsaturated/α-hetero) is 1. The number of carbonyl (C=O) groups is 2. The van der Waals surface area contributed by atoms with Crippen LogP contribution in [-0.4, -0.2) is 31.0 Å². The average Bonchev–Trinajstić information content (AvgIpc) is 3.42. The zero-order valence-corrected chi connectivity index (χ0v) is 19.4. The Hall–Kier alpha value is -3.42. The first-order valence-corrected chi connectivity index (χ1v) is 10.6. The van der Waals surface area contributed by atoms with Crippen molar-refractivity contribution in [3.8, 4) is 11.5 Å². The third-order valence-corrected chi connectivity index (χ3v) is 6.19. The van der Waals surface area contributed by atoms with Gasteiger partial charge in [0.1, 0.15) is 29.1 Å². The highest BCUT2D eigenvalue weighted by atomic mass is 35.5. The van der Waals surface area contributed by atoms with Crippen molar-refractivity contribution in [3.05, 3.63) is 81.2 Å². The smallest absolute Gasteiger partial charge is 0.300 e. The number of hydrogen-bond donors (Lipinski definition) is 1. The molecule has 1 aliphatic heterocycles. The van der Waals surface area contributed by atoms with E-state index in [4.69, 9.17) is 37.1 Å². The molecule has 2 aromatic carbocycles. The van der Waals surface area contributed by atoms with Gasteiger partial charge in [-0.1, -0.05) is 29.3 Å². The van der Waals surface area contributed by atoms with Crippen LogP contribution in [0.15, 0.2) is 58.7 Å². The SMILES string of the molecule is COc1cc(/C(O)=C2\C(=O)C(=O)N(c3cccc(Cl)c3C)C2c2ccco2)c(OC)cc1Cl. The number of ether oxygens (including phenoxy) is 2. The van der Waals surface area contributed by atoms with E-state index in [1.807, 2.05) is 0 Å². The summed E-state index contributed by atoms with van der Waals surface area (Å²) in [6, 6.07) is 10.1. The number of halogens is 2. The number of methoxy groups -OCH3 is 2. The second-order valence-corrected chi connectivity index (χ2v) is 8.07. The molecule has 4 rings (SSSR count). The van der Waals surface area contributed by atoms with E-state index in [1.165, 1.54) is 37.5 Å².